The number of hydrogen-bond acceptors (Lipinski definition) is 1. The fourth-order valence-corrected chi connectivity index (χ4v) is 2.25. The average Bonchev–Trinajstić information content (AvgIpc) is 2.25. The SMILES string of the molecule is Fc1ccc(Sc2ccccc2Cl)cc1. The van der Waals surface area contributed by atoms with E-state index in [1.807, 2.05) is 24.3 Å². The molecular formula is C12H8ClFS. The van der Waals surface area contributed by atoms with E-state index in [1.54, 1.807) is 12.1 Å². The maximum absolute atomic E-state index is 12.7. The first-order valence-electron chi connectivity index (χ1n) is 4.43. The second-order valence-electron chi connectivity index (χ2n) is 2.99. The zero-order valence-corrected chi connectivity index (χ0v) is 9.36. The van der Waals surface area contributed by atoms with E-state index in [0.717, 1.165) is 9.79 Å². The second kappa shape index (κ2) is 4.69. The Hall–Kier alpha value is -0.990. The van der Waals surface area contributed by atoms with Crippen LogP contribution in [0.3, 0.4) is 0 Å². The summed E-state index contributed by atoms with van der Waals surface area (Å²) in [6.07, 6.45) is 0. The van der Waals surface area contributed by atoms with Gasteiger partial charge in [-0.25, -0.2) is 4.39 Å². The van der Waals surface area contributed by atoms with Crippen LogP contribution in [0.5, 0.6) is 0 Å². The molecule has 2 aromatic rings. The molecule has 0 aliphatic heterocycles. The van der Waals surface area contributed by atoms with Crippen LogP contribution >= 0.6 is 23.4 Å². The Bertz CT molecular complexity index is 453. The van der Waals surface area contributed by atoms with Gasteiger partial charge in [-0.2, -0.15) is 0 Å². The molecule has 0 atom stereocenters. The fourth-order valence-electron chi connectivity index (χ4n) is 1.16. The highest BCUT2D eigenvalue weighted by molar-refractivity contribution is 7.99. The van der Waals surface area contributed by atoms with Gasteiger partial charge in [0.25, 0.3) is 0 Å². The molecule has 0 spiro atoms. The van der Waals surface area contributed by atoms with Crippen molar-refractivity contribution in [2.45, 2.75) is 9.79 Å². The van der Waals surface area contributed by atoms with Gasteiger partial charge in [0.15, 0.2) is 0 Å². The maximum Gasteiger partial charge on any atom is 0.123 e. The molecule has 0 nitrogen and oxygen atoms in total. The number of halogens is 2. The Labute approximate surface area is 97.1 Å². The lowest BCUT2D eigenvalue weighted by Gasteiger charge is -2.03. The summed E-state index contributed by atoms with van der Waals surface area (Å²) in [6.45, 7) is 0. The van der Waals surface area contributed by atoms with Crippen molar-refractivity contribution in [3.63, 3.8) is 0 Å². The van der Waals surface area contributed by atoms with Crippen molar-refractivity contribution in [1.29, 1.82) is 0 Å². The first kappa shape index (κ1) is 10.5. The van der Waals surface area contributed by atoms with Gasteiger partial charge in [-0.1, -0.05) is 35.5 Å². The fraction of sp³-hybridized carbons (Fsp3) is 0. The van der Waals surface area contributed by atoms with Gasteiger partial charge in [0, 0.05) is 9.79 Å². The van der Waals surface area contributed by atoms with E-state index in [4.69, 9.17) is 11.6 Å². The van der Waals surface area contributed by atoms with Gasteiger partial charge < -0.3 is 0 Å². The van der Waals surface area contributed by atoms with Crippen molar-refractivity contribution >= 4 is 23.4 Å². The summed E-state index contributed by atoms with van der Waals surface area (Å²) in [6, 6.07) is 14.0. The Morgan fingerprint density at radius 2 is 1.60 bits per heavy atom. The summed E-state index contributed by atoms with van der Waals surface area (Å²) in [5.74, 6) is -0.224. The minimum absolute atomic E-state index is 0.224. The predicted octanol–water partition coefficient (Wildman–Crippen LogP) is 4.63. The quantitative estimate of drug-likeness (QED) is 0.735. The van der Waals surface area contributed by atoms with Crippen molar-refractivity contribution in [2.75, 3.05) is 0 Å². The third kappa shape index (κ3) is 2.74. The third-order valence-corrected chi connectivity index (χ3v) is 3.40. The molecule has 3 heteroatoms. The van der Waals surface area contributed by atoms with Crippen molar-refractivity contribution in [2.24, 2.45) is 0 Å². The molecule has 0 aromatic heterocycles. The maximum atomic E-state index is 12.7. The van der Waals surface area contributed by atoms with Crippen LogP contribution in [-0.4, -0.2) is 0 Å². The average molecular weight is 239 g/mol. The van der Waals surface area contributed by atoms with Gasteiger partial charge in [-0.3, -0.25) is 0 Å². The Kier molecular flexibility index (Phi) is 3.29. The molecular weight excluding hydrogens is 231 g/mol. The monoisotopic (exact) mass is 238 g/mol. The van der Waals surface area contributed by atoms with E-state index in [2.05, 4.69) is 0 Å². The lowest BCUT2D eigenvalue weighted by molar-refractivity contribution is 0.626. The van der Waals surface area contributed by atoms with Gasteiger partial charge in [0.1, 0.15) is 5.82 Å². The van der Waals surface area contributed by atoms with Crippen LogP contribution in [0.4, 0.5) is 4.39 Å². The highest BCUT2D eigenvalue weighted by Gasteiger charge is 2.01. The standard InChI is InChI=1S/C12H8ClFS/c13-11-3-1-2-4-12(11)15-10-7-5-9(14)6-8-10/h1-8H. The first-order chi connectivity index (χ1) is 7.25. The molecule has 0 saturated heterocycles. The van der Waals surface area contributed by atoms with Gasteiger partial charge in [0.2, 0.25) is 0 Å². The molecule has 76 valence electrons. The van der Waals surface area contributed by atoms with E-state index < -0.39 is 0 Å². The first-order valence-corrected chi connectivity index (χ1v) is 5.63. The predicted molar refractivity (Wildman–Crippen MR) is 62.0 cm³/mol. The Morgan fingerprint density at radius 1 is 0.933 bits per heavy atom. The minimum Gasteiger partial charge on any atom is -0.207 e. The second-order valence-corrected chi connectivity index (χ2v) is 4.51. The van der Waals surface area contributed by atoms with Crippen LogP contribution in [0.25, 0.3) is 0 Å². The highest BCUT2D eigenvalue weighted by atomic mass is 35.5. The van der Waals surface area contributed by atoms with Crippen LogP contribution < -0.4 is 0 Å². The lowest BCUT2D eigenvalue weighted by Crippen LogP contribution is -1.76. The topological polar surface area (TPSA) is 0 Å². The normalized spacial score (nSPS) is 10.3. The molecule has 2 rings (SSSR count). The molecule has 0 fully saturated rings. The smallest absolute Gasteiger partial charge is 0.123 e. The van der Waals surface area contributed by atoms with E-state index in [0.29, 0.717) is 5.02 Å². The number of hydrogen-bond donors (Lipinski definition) is 0. The molecule has 0 bridgehead atoms. The van der Waals surface area contributed by atoms with Crippen LogP contribution in [0, 0.1) is 5.82 Å². The molecule has 2 aromatic carbocycles. The van der Waals surface area contributed by atoms with E-state index in [9.17, 15) is 4.39 Å². The third-order valence-electron chi connectivity index (χ3n) is 1.88. The van der Waals surface area contributed by atoms with Crippen molar-refractivity contribution in [3.8, 4) is 0 Å². The summed E-state index contributed by atoms with van der Waals surface area (Å²) in [4.78, 5) is 1.95. The molecule has 0 radical (unpaired) electrons. The van der Waals surface area contributed by atoms with E-state index in [-0.39, 0.29) is 5.82 Å². The largest absolute Gasteiger partial charge is 0.207 e. The van der Waals surface area contributed by atoms with Crippen molar-refractivity contribution < 1.29 is 4.39 Å². The van der Waals surface area contributed by atoms with Gasteiger partial charge >= 0.3 is 0 Å². The summed E-state index contributed by atoms with van der Waals surface area (Å²) in [5, 5.41) is 0.715. The molecule has 0 aliphatic carbocycles. The molecule has 0 unspecified atom stereocenters. The van der Waals surface area contributed by atoms with Crippen LogP contribution in [0.2, 0.25) is 5.02 Å². The summed E-state index contributed by atoms with van der Waals surface area (Å²) in [7, 11) is 0. The molecule has 15 heavy (non-hydrogen) atoms. The minimum atomic E-state index is -0.224. The molecule has 0 N–H and O–H groups in total. The molecule has 0 aliphatic rings. The number of rotatable bonds is 2. The summed E-state index contributed by atoms with van der Waals surface area (Å²) in [5.41, 5.74) is 0. The van der Waals surface area contributed by atoms with Crippen LogP contribution in [0.15, 0.2) is 58.3 Å². The molecule has 0 heterocycles. The number of benzene rings is 2. The zero-order valence-electron chi connectivity index (χ0n) is 7.78. The molecule has 0 saturated carbocycles. The van der Waals surface area contributed by atoms with Crippen molar-refractivity contribution in [1.82, 2.24) is 0 Å². The highest BCUT2D eigenvalue weighted by Crippen LogP contribution is 2.32. The van der Waals surface area contributed by atoms with Crippen molar-refractivity contribution in [3.05, 3.63) is 59.4 Å². The van der Waals surface area contributed by atoms with Crippen LogP contribution in [-0.2, 0) is 0 Å². The van der Waals surface area contributed by atoms with E-state index >= 15 is 0 Å². The lowest BCUT2D eigenvalue weighted by atomic mass is 10.3. The van der Waals surface area contributed by atoms with Gasteiger partial charge in [-0.15, -0.1) is 0 Å². The van der Waals surface area contributed by atoms with Crippen LogP contribution in [0.1, 0.15) is 0 Å². The van der Waals surface area contributed by atoms with Gasteiger partial charge in [0.05, 0.1) is 5.02 Å². The molecule has 0 amide bonds. The zero-order chi connectivity index (χ0) is 10.7. The summed E-state index contributed by atoms with van der Waals surface area (Å²) >= 11 is 7.53. The summed E-state index contributed by atoms with van der Waals surface area (Å²) < 4.78 is 12.7. The van der Waals surface area contributed by atoms with Gasteiger partial charge in [-0.05, 0) is 36.4 Å². The Balaban J connectivity index is 2.22. The van der Waals surface area contributed by atoms with E-state index in [1.165, 1.54) is 23.9 Å². The Morgan fingerprint density at radius 3 is 2.27 bits per heavy atom.